The third-order valence-corrected chi connectivity index (χ3v) is 5.45. The maximum absolute atomic E-state index is 12.4. The molecule has 2 aromatic heterocycles. The molecule has 3 aromatic rings. The monoisotopic (exact) mass is 413 g/mol. The van der Waals surface area contributed by atoms with Crippen LogP contribution in [0.25, 0.3) is 10.4 Å². The van der Waals surface area contributed by atoms with Crippen molar-refractivity contribution >= 4 is 29.0 Å². The van der Waals surface area contributed by atoms with Gasteiger partial charge in [-0.1, -0.05) is 30.3 Å². The Morgan fingerprint density at radius 1 is 1.14 bits per heavy atom. The third-order valence-electron chi connectivity index (χ3n) is 4.20. The molecular formula is C20H19N3O5S. The minimum absolute atomic E-state index is 0.280. The summed E-state index contributed by atoms with van der Waals surface area (Å²) in [6.45, 7) is 0. The van der Waals surface area contributed by atoms with E-state index in [1.54, 1.807) is 6.07 Å². The number of aromatic hydroxyl groups is 1. The first-order chi connectivity index (χ1) is 13.8. The van der Waals surface area contributed by atoms with Crippen LogP contribution in [0.4, 0.5) is 10.5 Å². The number of urea groups is 1. The van der Waals surface area contributed by atoms with Crippen LogP contribution in [0.2, 0.25) is 0 Å². The van der Waals surface area contributed by atoms with E-state index in [2.05, 4.69) is 10.6 Å². The molecule has 9 heteroatoms. The summed E-state index contributed by atoms with van der Waals surface area (Å²) in [6, 6.07) is 12.9. The fourth-order valence-corrected chi connectivity index (χ4v) is 3.80. The van der Waals surface area contributed by atoms with Crippen molar-refractivity contribution in [1.82, 2.24) is 9.88 Å². The minimum Gasteiger partial charge on any atom is -0.505 e. The topological polar surface area (TPSA) is 121 Å². The predicted octanol–water partition coefficient (Wildman–Crippen LogP) is 3.16. The van der Waals surface area contributed by atoms with E-state index in [9.17, 15) is 24.6 Å². The molecule has 0 bridgehead atoms. The summed E-state index contributed by atoms with van der Waals surface area (Å²) in [5, 5.41) is 24.0. The Morgan fingerprint density at radius 2 is 1.86 bits per heavy atom. The van der Waals surface area contributed by atoms with Crippen LogP contribution >= 0.6 is 11.3 Å². The van der Waals surface area contributed by atoms with E-state index >= 15 is 0 Å². The molecular weight excluding hydrogens is 394 g/mol. The van der Waals surface area contributed by atoms with Crippen LogP contribution in [0.5, 0.6) is 5.75 Å². The molecule has 0 aliphatic carbocycles. The average Bonchev–Trinajstić information content (AvgIpc) is 3.18. The number of carbonyl (C=O) groups is 2. The predicted molar refractivity (Wildman–Crippen MR) is 110 cm³/mol. The fourth-order valence-electron chi connectivity index (χ4n) is 2.74. The molecule has 2 amide bonds. The van der Waals surface area contributed by atoms with E-state index in [1.165, 1.54) is 35.2 Å². The number of pyridine rings is 1. The molecule has 0 fully saturated rings. The molecule has 2 heterocycles. The van der Waals surface area contributed by atoms with Crippen molar-refractivity contribution in [3.63, 3.8) is 0 Å². The summed E-state index contributed by atoms with van der Waals surface area (Å²) in [5.74, 6) is -1.45. The van der Waals surface area contributed by atoms with Gasteiger partial charge in [-0.05, 0) is 23.8 Å². The summed E-state index contributed by atoms with van der Waals surface area (Å²) in [7, 11) is 1.48. The van der Waals surface area contributed by atoms with Gasteiger partial charge in [0.15, 0.2) is 5.69 Å². The molecule has 29 heavy (non-hydrogen) atoms. The number of anilines is 1. The third kappa shape index (κ3) is 4.82. The summed E-state index contributed by atoms with van der Waals surface area (Å²) in [4.78, 5) is 37.4. The Kier molecular flexibility index (Phi) is 5.99. The lowest BCUT2D eigenvalue weighted by atomic mass is 10.1. The second-order valence-corrected chi connectivity index (χ2v) is 7.42. The molecule has 1 unspecified atom stereocenters. The summed E-state index contributed by atoms with van der Waals surface area (Å²) >= 11 is 1.37. The van der Waals surface area contributed by atoms with Crippen LogP contribution in [0, 0.1) is 0 Å². The summed E-state index contributed by atoms with van der Waals surface area (Å²) in [5.41, 5.74) is 0.120. The number of nitrogens with zero attached hydrogens (tertiary/aromatic N) is 1. The number of hydrogen-bond donors (Lipinski definition) is 4. The van der Waals surface area contributed by atoms with Gasteiger partial charge in [0.05, 0.1) is 12.5 Å². The normalized spacial score (nSPS) is 11.6. The molecule has 0 radical (unpaired) electrons. The fraction of sp³-hybridized carbons (Fsp3) is 0.150. The number of nitrogens with one attached hydrogen (secondary N) is 2. The zero-order chi connectivity index (χ0) is 21.0. The van der Waals surface area contributed by atoms with Gasteiger partial charge in [0, 0.05) is 23.0 Å². The Labute approximate surface area is 170 Å². The molecule has 1 aromatic carbocycles. The smallest absolute Gasteiger partial charge is 0.320 e. The highest BCUT2D eigenvalue weighted by molar-refractivity contribution is 7.15. The highest BCUT2D eigenvalue weighted by atomic mass is 32.1. The van der Waals surface area contributed by atoms with Crippen molar-refractivity contribution in [2.75, 3.05) is 5.32 Å². The van der Waals surface area contributed by atoms with Gasteiger partial charge in [0.1, 0.15) is 5.75 Å². The number of carboxylic acids is 1. The molecule has 3 rings (SSSR count). The number of aliphatic carboxylic acids is 1. The van der Waals surface area contributed by atoms with Gasteiger partial charge in [-0.2, -0.15) is 0 Å². The van der Waals surface area contributed by atoms with Crippen LogP contribution in [-0.2, 0) is 11.8 Å². The standard InChI is InChI=1S/C20H19N3O5S/c1-23-10-9-14(24)18(19(23)27)22-20(28)21-13(11-17(25)26)16-8-7-15(29-16)12-5-3-2-4-6-12/h2-10,13,24H,11H2,1H3,(H,25,26)(H2,21,22,28). The number of amides is 2. The SMILES string of the molecule is Cn1ccc(O)c(NC(=O)NC(CC(=O)O)c2ccc(-c3ccccc3)s2)c1=O. The minimum atomic E-state index is -1.08. The molecule has 150 valence electrons. The molecule has 0 saturated carbocycles. The lowest BCUT2D eigenvalue weighted by Crippen LogP contribution is -2.35. The largest absolute Gasteiger partial charge is 0.505 e. The van der Waals surface area contributed by atoms with Crippen molar-refractivity contribution in [3.8, 4) is 16.2 Å². The van der Waals surface area contributed by atoms with Gasteiger partial charge in [0.25, 0.3) is 5.56 Å². The van der Waals surface area contributed by atoms with Crippen molar-refractivity contribution < 1.29 is 19.8 Å². The molecule has 1 atom stereocenters. The number of aromatic nitrogens is 1. The van der Waals surface area contributed by atoms with Gasteiger partial charge in [-0.15, -0.1) is 11.3 Å². The van der Waals surface area contributed by atoms with E-state index in [4.69, 9.17) is 0 Å². The quantitative estimate of drug-likeness (QED) is 0.495. The molecule has 0 spiro atoms. The van der Waals surface area contributed by atoms with Crippen molar-refractivity contribution in [2.45, 2.75) is 12.5 Å². The Morgan fingerprint density at radius 3 is 2.55 bits per heavy atom. The Hall–Kier alpha value is -3.59. The summed E-state index contributed by atoms with van der Waals surface area (Å²) < 4.78 is 1.20. The number of hydrogen-bond acceptors (Lipinski definition) is 5. The zero-order valence-electron chi connectivity index (χ0n) is 15.5. The molecule has 0 saturated heterocycles. The van der Waals surface area contributed by atoms with Crippen molar-refractivity contribution in [1.29, 1.82) is 0 Å². The van der Waals surface area contributed by atoms with Gasteiger partial charge in [-0.3, -0.25) is 9.59 Å². The Balaban J connectivity index is 1.81. The Bertz CT molecular complexity index is 1090. The number of carbonyl (C=O) groups excluding carboxylic acids is 1. The first-order valence-electron chi connectivity index (χ1n) is 8.68. The average molecular weight is 413 g/mol. The molecule has 4 N–H and O–H groups in total. The second-order valence-electron chi connectivity index (χ2n) is 6.31. The first kappa shape index (κ1) is 20.2. The van der Waals surface area contributed by atoms with Gasteiger partial charge in [0.2, 0.25) is 0 Å². The van der Waals surface area contributed by atoms with Gasteiger partial charge >= 0.3 is 12.0 Å². The van der Waals surface area contributed by atoms with Gasteiger partial charge in [-0.25, -0.2) is 4.79 Å². The van der Waals surface area contributed by atoms with E-state index in [0.717, 1.165) is 10.4 Å². The molecule has 0 aliphatic heterocycles. The van der Waals surface area contributed by atoms with Crippen LogP contribution in [0.3, 0.4) is 0 Å². The highest BCUT2D eigenvalue weighted by Gasteiger charge is 2.21. The van der Waals surface area contributed by atoms with E-state index in [0.29, 0.717) is 4.88 Å². The number of carboxylic acid groups (broad SMARTS) is 1. The molecule has 0 aliphatic rings. The van der Waals surface area contributed by atoms with E-state index in [-0.39, 0.29) is 17.9 Å². The summed E-state index contributed by atoms with van der Waals surface area (Å²) in [6.07, 6.45) is 1.03. The van der Waals surface area contributed by atoms with Gasteiger partial charge < -0.3 is 25.4 Å². The lowest BCUT2D eigenvalue weighted by Gasteiger charge is -2.16. The molecule has 8 nitrogen and oxygen atoms in total. The van der Waals surface area contributed by atoms with E-state index < -0.39 is 23.6 Å². The van der Waals surface area contributed by atoms with Crippen LogP contribution < -0.4 is 16.2 Å². The van der Waals surface area contributed by atoms with Crippen molar-refractivity contribution in [3.05, 3.63) is 70.0 Å². The first-order valence-corrected chi connectivity index (χ1v) is 9.50. The maximum atomic E-state index is 12.4. The number of thiophene rings is 1. The van der Waals surface area contributed by atoms with Crippen LogP contribution in [0.1, 0.15) is 17.3 Å². The number of rotatable bonds is 6. The number of benzene rings is 1. The maximum Gasteiger partial charge on any atom is 0.320 e. The van der Waals surface area contributed by atoms with Crippen LogP contribution in [0.15, 0.2) is 59.5 Å². The highest BCUT2D eigenvalue weighted by Crippen LogP contribution is 2.32. The van der Waals surface area contributed by atoms with Crippen LogP contribution in [-0.4, -0.2) is 26.8 Å². The number of aryl methyl sites for hydroxylation is 1. The van der Waals surface area contributed by atoms with E-state index in [1.807, 2.05) is 36.4 Å². The van der Waals surface area contributed by atoms with Crippen molar-refractivity contribution in [2.24, 2.45) is 7.05 Å². The zero-order valence-corrected chi connectivity index (χ0v) is 16.3. The second kappa shape index (κ2) is 8.61. The lowest BCUT2D eigenvalue weighted by molar-refractivity contribution is -0.137.